The number of hydrogen-bond donors (Lipinski definition) is 1. The van der Waals surface area contributed by atoms with Gasteiger partial charge in [0.25, 0.3) is 0 Å². The molecule has 1 rings (SSSR count). The number of halogens is 1. The van der Waals surface area contributed by atoms with Crippen molar-refractivity contribution < 1.29 is 4.39 Å². The molecule has 106 valence electrons. The maximum Gasteiger partial charge on any atom is 0.123 e. The summed E-state index contributed by atoms with van der Waals surface area (Å²) in [5.41, 5.74) is 7.30. The van der Waals surface area contributed by atoms with Crippen LogP contribution in [0.3, 0.4) is 0 Å². The highest BCUT2D eigenvalue weighted by molar-refractivity contribution is 7.80. The summed E-state index contributed by atoms with van der Waals surface area (Å²) in [5, 5.41) is 0. The van der Waals surface area contributed by atoms with Crippen LogP contribution in [0.5, 0.6) is 0 Å². The zero-order valence-corrected chi connectivity index (χ0v) is 12.9. The van der Waals surface area contributed by atoms with Crippen LogP contribution in [0.25, 0.3) is 0 Å². The van der Waals surface area contributed by atoms with Crippen molar-refractivity contribution in [2.45, 2.75) is 39.8 Å². The third kappa shape index (κ3) is 4.88. The topological polar surface area (TPSA) is 29.3 Å². The number of benzene rings is 1. The van der Waals surface area contributed by atoms with Crippen LogP contribution in [0.4, 0.5) is 4.39 Å². The summed E-state index contributed by atoms with van der Waals surface area (Å²) < 4.78 is 13.4. The normalized spacial score (nSPS) is 13.0. The van der Waals surface area contributed by atoms with E-state index in [4.69, 9.17) is 18.0 Å². The second-order valence-corrected chi connectivity index (χ2v) is 6.00. The minimum atomic E-state index is -0.250. The van der Waals surface area contributed by atoms with E-state index in [1.165, 1.54) is 12.1 Å². The first kappa shape index (κ1) is 16.1. The second-order valence-electron chi connectivity index (χ2n) is 5.56. The van der Waals surface area contributed by atoms with Crippen LogP contribution in [0.15, 0.2) is 18.2 Å². The Balaban J connectivity index is 2.86. The summed E-state index contributed by atoms with van der Waals surface area (Å²) in [5.74, 6) is 0.389. The van der Waals surface area contributed by atoms with E-state index in [1.54, 1.807) is 6.07 Å². The van der Waals surface area contributed by atoms with Gasteiger partial charge in [-0.05, 0) is 50.1 Å². The van der Waals surface area contributed by atoms with Gasteiger partial charge in [0, 0.05) is 18.2 Å². The van der Waals surface area contributed by atoms with Crippen LogP contribution in [0.2, 0.25) is 0 Å². The van der Waals surface area contributed by atoms with Gasteiger partial charge >= 0.3 is 0 Å². The molecular formula is C15H23FN2S. The van der Waals surface area contributed by atoms with Crippen LogP contribution in [0.1, 0.15) is 38.3 Å². The molecule has 0 aliphatic carbocycles. The SMILES string of the molecule is CC(C)CC(C)N(C)Cc1cc(F)ccc1C(N)=S. The standard InChI is InChI=1S/C15H23FN2S/c1-10(2)7-11(3)18(4)9-12-8-13(16)5-6-14(12)15(17)19/h5-6,8,10-11H,7,9H2,1-4H3,(H2,17,19). The summed E-state index contributed by atoms with van der Waals surface area (Å²) in [7, 11) is 2.04. The van der Waals surface area contributed by atoms with E-state index in [-0.39, 0.29) is 5.82 Å². The van der Waals surface area contributed by atoms with Gasteiger partial charge in [-0.25, -0.2) is 4.39 Å². The van der Waals surface area contributed by atoms with Gasteiger partial charge in [0.05, 0.1) is 0 Å². The number of rotatable bonds is 6. The van der Waals surface area contributed by atoms with Crippen molar-refractivity contribution in [2.24, 2.45) is 11.7 Å². The van der Waals surface area contributed by atoms with Crippen LogP contribution < -0.4 is 5.73 Å². The molecule has 0 saturated carbocycles. The van der Waals surface area contributed by atoms with Crippen LogP contribution in [-0.2, 0) is 6.54 Å². The third-order valence-corrected chi connectivity index (χ3v) is 3.54. The molecule has 0 amide bonds. The molecule has 4 heteroatoms. The minimum absolute atomic E-state index is 0.250. The van der Waals surface area contributed by atoms with E-state index in [2.05, 4.69) is 25.7 Å². The molecule has 0 fully saturated rings. The van der Waals surface area contributed by atoms with Gasteiger partial charge in [-0.2, -0.15) is 0 Å². The van der Waals surface area contributed by atoms with Gasteiger partial charge < -0.3 is 5.73 Å². The van der Waals surface area contributed by atoms with Crippen LogP contribution in [-0.4, -0.2) is 23.0 Å². The molecule has 2 N–H and O–H groups in total. The number of nitrogens with zero attached hydrogens (tertiary/aromatic N) is 1. The lowest BCUT2D eigenvalue weighted by atomic mass is 10.0. The highest BCUT2D eigenvalue weighted by Crippen LogP contribution is 2.17. The fraction of sp³-hybridized carbons (Fsp3) is 0.533. The lowest BCUT2D eigenvalue weighted by molar-refractivity contribution is 0.220. The molecule has 0 aliphatic rings. The summed E-state index contributed by atoms with van der Waals surface area (Å²) in [4.78, 5) is 2.52. The molecule has 0 radical (unpaired) electrons. The van der Waals surface area contributed by atoms with Crippen molar-refractivity contribution in [3.05, 3.63) is 35.1 Å². The van der Waals surface area contributed by atoms with E-state index < -0.39 is 0 Å². The number of hydrogen-bond acceptors (Lipinski definition) is 2. The molecule has 0 heterocycles. The molecule has 2 nitrogen and oxygen atoms in total. The highest BCUT2D eigenvalue weighted by Gasteiger charge is 2.14. The van der Waals surface area contributed by atoms with E-state index in [0.717, 1.165) is 17.5 Å². The molecule has 0 aromatic heterocycles. The van der Waals surface area contributed by atoms with Gasteiger partial charge in [0.2, 0.25) is 0 Å². The maximum absolute atomic E-state index is 13.4. The summed E-state index contributed by atoms with van der Waals surface area (Å²) in [6.07, 6.45) is 1.11. The Hall–Kier alpha value is -1.00. The van der Waals surface area contributed by atoms with Crippen molar-refractivity contribution in [1.82, 2.24) is 4.90 Å². The van der Waals surface area contributed by atoms with Gasteiger partial charge in [0.1, 0.15) is 10.8 Å². The van der Waals surface area contributed by atoms with E-state index in [9.17, 15) is 4.39 Å². The lowest BCUT2D eigenvalue weighted by Crippen LogP contribution is -2.30. The third-order valence-electron chi connectivity index (χ3n) is 3.32. The summed E-state index contributed by atoms with van der Waals surface area (Å²) in [6.45, 7) is 7.23. The first-order chi connectivity index (χ1) is 8.81. The molecule has 0 saturated heterocycles. The fourth-order valence-corrected chi connectivity index (χ4v) is 2.42. The van der Waals surface area contributed by atoms with Crippen molar-refractivity contribution in [3.8, 4) is 0 Å². The zero-order chi connectivity index (χ0) is 14.6. The maximum atomic E-state index is 13.4. The monoisotopic (exact) mass is 282 g/mol. The van der Waals surface area contributed by atoms with E-state index >= 15 is 0 Å². The molecule has 1 aromatic carbocycles. The summed E-state index contributed by atoms with van der Waals surface area (Å²) in [6, 6.07) is 5.01. The first-order valence-electron chi connectivity index (χ1n) is 6.59. The molecule has 0 aliphatic heterocycles. The Morgan fingerprint density at radius 1 is 1.37 bits per heavy atom. The number of nitrogens with two attached hydrogens (primary N) is 1. The molecule has 0 bridgehead atoms. The Kier molecular flexibility index (Phi) is 5.88. The van der Waals surface area contributed by atoms with Crippen molar-refractivity contribution in [2.75, 3.05) is 7.05 Å². The van der Waals surface area contributed by atoms with Crippen LogP contribution >= 0.6 is 12.2 Å². The van der Waals surface area contributed by atoms with Gasteiger partial charge in [-0.1, -0.05) is 26.1 Å². The van der Waals surface area contributed by atoms with Gasteiger partial charge in [0.15, 0.2) is 0 Å². The Bertz CT molecular complexity index is 446. The quantitative estimate of drug-likeness (QED) is 0.812. The Labute approximate surface area is 120 Å². The minimum Gasteiger partial charge on any atom is -0.389 e. The predicted octanol–water partition coefficient (Wildman–Crippen LogP) is 3.33. The molecule has 1 aromatic rings. The lowest BCUT2D eigenvalue weighted by Gasteiger charge is -2.27. The van der Waals surface area contributed by atoms with Crippen molar-refractivity contribution >= 4 is 17.2 Å². The zero-order valence-electron chi connectivity index (χ0n) is 12.1. The van der Waals surface area contributed by atoms with Crippen LogP contribution in [0, 0.1) is 11.7 Å². The summed E-state index contributed by atoms with van der Waals surface area (Å²) >= 11 is 5.02. The fourth-order valence-electron chi connectivity index (χ4n) is 2.22. The van der Waals surface area contributed by atoms with Gasteiger partial charge in [-0.15, -0.1) is 0 Å². The molecule has 1 atom stereocenters. The van der Waals surface area contributed by atoms with Crippen molar-refractivity contribution in [1.29, 1.82) is 0 Å². The molecule has 1 unspecified atom stereocenters. The smallest absolute Gasteiger partial charge is 0.123 e. The van der Waals surface area contributed by atoms with Crippen molar-refractivity contribution in [3.63, 3.8) is 0 Å². The molecule has 0 spiro atoms. The molecular weight excluding hydrogens is 259 g/mol. The number of thiocarbonyl (C=S) groups is 1. The largest absolute Gasteiger partial charge is 0.389 e. The first-order valence-corrected chi connectivity index (χ1v) is 7.00. The highest BCUT2D eigenvalue weighted by atomic mass is 32.1. The Morgan fingerprint density at radius 3 is 2.53 bits per heavy atom. The average Bonchev–Trinajstić information content (AvgIpc) is 2.27. The molecule has 19 heavy (non-hydrogen) atoms. The Morgan fingerprint density at radius 2 is 2.00 bits per heavy atom. The van der Waals surface area contributed by atoms with E-state index in [0.29, 0.717) is 23.5 Å². The second kappa shape index (κ2) is 6.96. The average molecular weight is 282 g/mol. The predicted molar refractivity (Wildman–Crippen MR) is 82.7 cm³/mol. The van der Waals surface area contributed by atoms with E-state index in [1.807, 2.05) is 7.05 Å². The van der Waals surface area contributed by atoms with Gasteiger partial charge in [-0.3, -0.25) is 4.90 Å².